The summed E-state index contributed by atoms with van der Waals surface area (Å²) in [6, 6.07) is 5.62. The van der Waals surface area contributed by atoms with Crippen molar-refractivity contribution in [3.63, 3.8) is 0 Å². The van der Waals surface area contributed by atoms with Gasteiger partial charge in [-0.2, -0.15) is 0 Å². The molecule has 4 nitrogen and oxygen atoms in total. The maximum Gasteiger partial charge on any atom is 0.152 e. The molecule has 0 fully saturated rings. The molecule has 0 bridgehead atoms. The fraction of sp³-hybridized carbons (Fsp3) is 0.273. The van der Waals surface area contributed by atoms with Crippen LogP contribution in [0.1, 0.15) is 11.6 Å². The van der Waals surface area contributed by atoms with E-state index >= 15 is 0 Å². The molecule has 1 aromatic carbocycles. The second-order valence-electron chi connectivity index (χ2n) is 3.70. The van der Waals surface area contributed by atoms with Crippen LogP contribution in [0.25, 0.3) is 0 Å². The Morgan fingerprint density at radius 1 is 1.41 bits per heavy atom. The van der Waals surface area contributed by atoms with E-state index in [2.05, 4.69) is 31.4 Å². The third-order valence-corrected chi connectivity index (χ3v) is 3.47. The van der Waals surface area contributed by atoms with Gasteiger partial charge in [-0.1, -0.05) is 11.6 Å². The Labute approximate surface area is 113 Å². The van der Waals surface area contributed by atoms with Crippen molar-refractivity contribution in [2.75, 3.05) is 5.32 Å². The minimum Gasteiger partial charge on any atom is -0.377 e. The first-order chi connectivity index (χ1) is 8.08. The molecule has 0 aliphatic carbocycles. The molecule has 0 spiro atoms. The van der Waals surface area contributed by atoms with Crippen LogP contribution >= 0.6 is 27.5 Å². The van der Waals surface area contributed by atoms with Crippen molar-refractivity contribution in [1.82, 2.24) is 14.8 Å². The molecule has 0 radical (unpaired) electrons. The SMILES string of the molecule is Cc1nnc(CNc2cc(Cl)ccc2Br)n1C. The maximum atomic E-state index is 5.94. The van der Waals surface area contributed by atoms with E-state index < -0.39 is 0 Å². The van der Waals surface area contributed by atoms with Gasteiger partial charge in [-0.25, -0.2) is 0 Å². The number of rotatable bonds is 3. The first-order valence-electron chi connectivity index (χ1n) is 5.11. The van der Waals surface area contributed by atoms with E-state index in [1.165, 1.54) is 0 Å². The summed E-state index contributed by atoms with van der Waals surface area (Å²) in [5.41, 5.74) is 0.943. The van der Waals surface area contributed by atoms with Crippen molar-refractivity contribution in [2.45, 2.75) is 13.5 Å². The topological polar surface area (TPSA) is 42.7 Å². The van der Waals surface area contributed by atoms with E-state index in [-0.39, 0.29) is 0 Å². The predicted molar refractivity (Wildman–Crippen MR) is 72.2 cm³/mol. The lowest BCUT2D eigenvalue weighted by Gasteiger charge is -2.08. The molecule has 2 aromatic rings. The monoisotopic (exact) mass is 314 g/mol. The van der Waals surface area contributed by atoms with Gasteiger partial charge in [0, 0.05) is 16.5 Å². The Balaban J connectivity index is 2.12. The van der Waals surface area contributed by atoms with Gasteiger partial charge in [0.15, 0.2) is 5.82 Å². The third kappa shape index (κ3) is 2.79. The van der Waals surface area contributed by atoms with Gasteiger partial charge < -0.3 is 9.88 Å². The molecule has 17 heavy (non-hydrogen) atoms. The van der Waals surface area contributed by atoms with Crippen molar-refractivity contribution in [1.29, 1.82) is 0 Å². The van der Waals surface area contributed by atoms with E-state index in [9.17, 15) is 0 Å². The molecular formula is C11H12BrClN4. The van der Waals surface area contributed by atoms with E-state index in [1.54, 1.807) is 0 Å². The summed E-state index contributed by atoms with van der Waals surface area (Å²) in [6.07, 6.45) is 0. The average molecular weight is 316 g/mol. The van der Waals surface area contributed by atoms with Crippen molar-refractivity contribution >= 4 is 33.2 Å². The second kappa shape index (κ2) is 5.06. The molecule has 0 atom stereocenters. The summed E-state index contributed by atoms with van der Waals surface area (Å²) in [4.78, 5) is 0. The Morgan fingerprint density at radius 3 is 2.82 bits per heavy atom. The molecule has 6 heteroatoms. The van der Waals surface area contributed by atoms with Crippen molar-refractivity contribution in [3.8, 4) is 0 Å². The Hall–Kier alpha value is -1.07. The first-order valence-corrected chi connectivity index (χ1v) is 6.29. The van der Waals surface area contributed by atoms with E-state index in [4.69, 9.17) is 11.6 Å². The van der Waals surface area contributed by atoms with Crippen LogP contribution in [-0.2, 0) is 13.6 Å². The van der Waals surface area contributed by atoms with Gasteiger partial charge in [-0.05, 0) is 41.1 Å². The Morgan fingerprint density at radius 2 is 2.18 bits per heavy atom. The molecule has 0 aliphatic heterocycles. The van der Waals surface area contributed by atoms with Gasteiger partial charge in [-0.3, -0.25) is 0 Å². The molecule has 1 heterocycles. The molecule has 0 saturated heterocycles. The fourth-order valence-electron chi connectivity index (χ4n) is 1.41. The first kappa shape index (κ1) is 12.4. The molecule has 0 aliphatic rings. The zero-order valence-electron chi connectivity index (χ0n) is 9.54. The normalized spacial score (nSPS) is 10.6. The van der Waals surface area contributed by atoms with Crippen LogP contribution in [0.5, 0.6) is 0 Å². The summed E-state index contributed by atoms with van der Waals surface area (Å²) in [5.74, 6) is 1.78. The summed E-state index contributed by atoms with van der Waals surface area (Å²) >= 11 is 9.40. The zero-order valence-corrected chi connectivity index (χ0v) is 11.9. The van der Waals surface area contributed by atoms with Crippen molar-refractivity contribution in [3.05, 3.63) is 39.3 Å². The summed E-state index contributed by atoms with van der Waals surface area (Å²) in [7, 11) is 1.94. The quantitative estimate of drug-likeness (QED) is 0.946. The number of anilines is 1. The average Bonchev–Trinajstić information content (AvgIpc) is 2.62. The van der Waals surface area contributed by atoms with Gasteiger partial charge in [-0.15, -0.1) is 10.2 Å². The number of aryl methyl sites for hydroxylation is 1. The highest BCUT2D eigenvalue weighted by atomic mass is 79.9. The Bertz CT molecular complexity index is 538. The van der Waals surface area contributed by atoms with Crippen LogP contribution in [-0.4, -0.2) is 14.8 Å². The van der Waals surface area contributed by atoms with Gasteiger partial charge in [0.25, 0.3) is 0 Å². The van der Waals surface area contributed by atoms with Crippen molar-refractivity contribution < 1.29 is 0 Å². The maximum absolute atomic E-state index is 5.94. The van der Waals surface area contributed by atoms with Crippen LogP contribution in [0.2, 0.25) is 5.02 Å². The molecule has 1 N–H and O–H groups in total. The summed E-state index contributed by atoms with van der Waals surface area (Å²) in [5, 5.41) is 12.1. The largest absolute Gasteiger partial charge is 0.377 e. The van der Waals surface area contributed by atoms with Crippen LogP contribution in [0, 0.1) is 6.92 Å². The standard InChI is InChI=1S/C11H12BrClN4/c1-7-15-16-11(17(7)2)6-14-10-5-8(13)3-4-9(10)12/h3-5,14H,6H2,1-2H3. The van der Waals surface area contributed by atoms with Crippen LogP contribution in [0.15, 0.2) is 22.7 Å². The lowest BCUT2D eigenvalue weighted by molar-refractivity contribution is 0.789. The minimum atomic E-state index is 0.607. The molecular weight excluding hydrogens is 304 g/mol. The Kier molecular flexibility index (Phi) is 3.69. The highest BCUT2D eigenvalue weighted by Crippen LogP contribution is 2.26. The smallest absolute Gasteiger partial charge is 0.152 e. The molecule has 0 amide bonds. The van der Waals surface area contributed by atoms with Gasteiger partial charge in [0.2, 0.25) is 0 Å². The van der Waals surface area contributed by atoms with Gasteiger partial charge in [0.1, 0.15) is 5.82 Å². The zero-order chi connectivity index (χ0) is 12.4. The highest BCUT2D eigenvalue weighted by Gasteiger charge is 2.06. The fourth-order valence-corrected chi connectivity index (χ4v) is 1.97. The second-order valence-corrected chi connectivity index (χ2v) is 4.99. The molecule has 2 rings (SSSR count). The number of nitrogens with one attached hydrogen (secondary N) is 1. The van der Waals surface area contributed by atoms with Crippen LogP contribution in [0.4, 0.5) is 5.69 Å². The van der Waals surface area contributed by atoms with Crippen LogP contribution in [0.3, 0.4) is 0 Å². The van der Waals surface area contributed by atoms with Crippen molar-refractivity contribution in [2.24, 2.45) is 7.05 Å². The number of aromatic nitrogens is 3. The molecule has 0 unspecified atom stereocenters. The van der Waals surface area contributed by atoms with Crippen LogP contribution < -0.4 is 5.32 Å². The number of hydrogen-bond donors (Lipinski definition) is 1. The van der Waals surface area contributed by atoms with Gasteiger partial charge in [0.05, 0.1) is 12.2 Å². The molecule has 90 valence electrons. The minimum absolute atomic E-state index is 0.607. The predicted octanol–water partition coefficient (Wildman–Crippen LogP) is 3.15. The number of nitrogens with zero attached hydrogens (tertiary/aromatic N) is 3. The van der Waals surface area contributed by atoms with E-state index in [1.807, 2.05) is 36.7 Å². The highest BCUT2D eigenvalue weighted by molar-refractivity contribution is 9.10. The summed E-state index contributed by atoms with van der Waals surface area (Å²) in [6.45, 7) is 2.53. The van der Waals surface area contributed by atoms with Gasteiger partial charge >= 0.3 is 0 Å². The summed E-state index contributed by atoms with van der Waals surface area (Å²) < 4.78 is 2.92. The molecule has 1 aromatic heterocycles. The molecule has 0 saturated carbocycles. The lowest BCUT2D eigenvalue weighted by Crippen LogP contribution is -2.07. The number of hydrogen-bond acceptors (Lipinski definition) is 3. The number of benzene rings is 1. The third-order valence-electron chi connectivity index (χ3n) is 2.55. The van der Waals surface area contributed by atoms with E-state index in [0.29, 0.717) is 11.6 Å². The van der Waals surface area contributed by atoms with E-state index in [0.717, 1.165) is 21.8 Å². The number of halogens is 2. The lowest BCUT2D eigenvalue weighted by atomic mass is 10.3.